The molecule has 2 aromatic rings. The van der Waals surface area contributed by atoms with Gasteiger partial charge in [0.2, 0.25) is 0 Å². The van der Waals surface area contributed by atoms with E-state index in [0.29, 0.717) is 0 Å². The van der Waals surface area contributed by atoms with Gasteiger partial charge in [0.05, 0.1) is 11.4 Å². The van der Waals surface area contributed by atoms with Crippen LogP contribution < -0.4 is 21.5 Å². The second-order valence-electron chi connectivity index (χ2n) is 6.77. The first-order valence-corrected chi connectivity index (χ1v) is 9.61. The third-order valence-corrected chi connectivity index (χ3v) is 5.15. The smallest absolute Gasteiger partial charge is 0.0746 e. The number of benzene rings is 2. The Bertz CT molecular complexity index is 700. The summed E-state index contributed by atoms with van der Waals surface area (Å²) >= 11 is 6.10. The van der Waals surface area contributed by atoms with E-state index in [1.165, 1.54) is 5.69 Å². The fourth-order valence-electron chi connectivity index (χ4n) is 3.39. The number of para-hydroxylation sites is 2. The highest BCUT2D eigenvalue weighted by Crippen LogP contribution is 2.21. The molecule has 0 aliphatic carbocycles. The summed E-state index contributed by atoms with van der Waals surface area (Å²) < 4.78 is 0. The van der Waals surface area contributed by atoms with Gasteiger partial charge in [-0.2, -0.15) is 0 Å². The first-order valence-electron chi connectivity index (χ1n) is 9.23. The van der Waals surface area contributed by atoms with Crippen molar-refractivity contribution in [2.24, 2.45) is 5.84 Å². The van der Waals surface area contributed by atoms with Crippen molar-refractivity contribution in [2.45, 2.75) is 12.8 Å². The van der Waals surface area contributed by atoms with Crippen molar-refractivity contribution < 1.29 is 0 Å². The molecule has 26 heavy (non-hydrogen) atoms. The lowest BCUT2D eigenvalue weighted by atomic mass is 10.2. The van der Waals surface area contributed by atoms with E-state index in [1.807, 2.05) is 42.5 Å². The van der Waals surface area contributed by atoms with Gasteiger partial charge in [0, 0.05) is 43.4 Å². The molecule has 1 aliphatic heterocycles. The van der Waals surface area contributed by atoms with Gasteiger partial charge < -0.3 is 15.6 Å². The third kappa shape index (κ3) is 5.04. The Morgan fingerprint density at radius 2 is 1.73 bits per heavy atom. The molecule has 0 unspecified atom stereocenters. The molecule has 3 rings (SSSR count). The summed E-state index contributed by atoms with van der Waals surface area (Å²) in [4.78, 5) is 4.93. The number of nitrogen functional groups attached to an aromatic ring is 1. The van der Waals surface area contributed by atoms with Gasteiger partial charge in [0.1, 0.15) is 0 Å². The van der Waals surface area contributed by atoms with Crippen LogP contribution in [0.25, 0.3) is 0 Å². The van der Waals surface area contributed by atoms with Crippen molar-refractivity contribution in [1.29, 1.82) is 0 Å². The van der Waals surface area contributed by atoms with Crippen LogP contribution in [0, 0.1) is 0 Å². The Labute approximate surface area is 161 Å². The zero-order chi connectivity index (χ0) is 18.4. The van der Waals surface area contributed by atoms with Crippen LogP contribution in [0.2, 0.25) is 5.02 Å². The number of piperazine rings is 1. The number of nitrogens with zero attached hydrogens (tertiary/aromatic N) is 3. The van der Waals surface area contributed by atoms with Gasteiger partial charge in [-0.1, -0.05) is 29.8 Å². The molecule has 0 amide bonds. The molecule has 1 aliphatic rings. The lowest BCUT2D eigenvalue weighted by molar-refractivity contribution is 0.253. The first-order chi connectivity index (χ1) is 12.6. The van der Waals surface area contributed by atoms with Crippen LogP contribution in [0.5, 0.6) is 0 Å². The number of hydrogen-bond acceptors (Lipinski definition) is 5. The maximum Gasteiger partial charge on any atom is 0.0746 e. The van der Waals surface area contributed by atoms with E-state index >= 15 is 0 Å². The average molecular weight is 374 g/mol. The molecule has 0 spiro atoms. The van der Waals surface area contributed by atoms with Crippen LogP contribution in [0.1, 0.15) is 12.8 Å². The summed E-state index contributed by atoms with van der Waals surface area (Å²) in [5.41, 5.74) is 8.82. The van der Waals surface area contributed by atoms with Crippen LogP contribution in [-0.4, -0.2) is 44.2 Å². The number of nitrogens with two attached hydrogens (primary N) is 2. The zero-order valence-electron chi connectivity index (χ0n) is 15.1. The molecule has 140 valence electrons. The summed E-state index contributed by atoms with van der Waals surface area (Å²) in [7, 11) is 0. The number of halogens is 1. The minimum Gasteiger partial charge on any atom is -0.397 e. The number of unbranched alkanes of at least 4 members (excludes halogenated alkanes) is 1. The fraction of sp³-hybridized carbons (Fsp3) is 0.400. The molecule has 4 N–H and O–H groups in total. The van der Waals surface area contributed by atoms with Crippen molar-refractivity contribution >= 4 is 28.7 Å². The van der Waals surface area contributed by atoms with Crippen molar-refractivity contribution in [3.63, 3.8) is 0 Å². The molecule has 1 saturated heterocycles. The Morgan fingerprint density at radius 1 is 0.962 bits per heavy atom. The van der Waals surface area contributed by atoms with Crippen LogP contribution in [0.3, 0.4) is 0 Å². The molecular weight excluding hydrogens is 346 g/mol. The molecule has 1 heterocycles. The molecule has 6 heteroatoms. The van der Waals surface area contributed by atoms with Crippen molar-refractivity contribution in [2.75, 3.05) is 54.9 Å². The molecule has 0 aromatic heterocycles. The van der Waals surface area contributed by atoms with Crippen LogP contribution in [0.4, 0.5) is 17.1 Å². The van der Waals surface area contributed by atoms with E-state index in [2.05, 4.69) is 15.9 Å². The highest BCUT2D eigenvalue weighted by molar-refractivity contribution is 6.30. The third-order valence-electron chi connectivity index (χ3n) is 4.92. The maximum atomic E-state index is 6.13. The van der Waals surface area contributed by atoms with E-state index in [9.17, 15) is 0 Å². The predicted molar refractivity (Wildman–Crippen MR) is 112 cm³/mol. The molecule has 1 fully saturated rings. The zero-order valence-corrected chi connectivity index (χ0v) is 15.9. The molecular formula is C20H28ClN5. The van der Waals surface area contributed by atoms with Gasteiger partial charge in [-0.05, 0) is 49.7 Å². The topological polar surface area (TPSA) is 61.8 Å². The van der Waals surface area contributed by atoms with Gasteiger partial charge >= 0.3 is 0 Å². The van der Waals surface area contributed by atoms with Crippen molar-refractivity contribution in [3.05, 3.63) is 53.6 Å². The van der Waals surface area contributed by atoms with Gasteiger partial charge in [0.25, 0.3) is 0 Å². The predicted octanol–water partition coefficient (Wildman–Crippen LogP) is 3.20. The summed E-state index contributed by atoms with van der Waals surface area (Å²) in [6.07, 6.45) is 2.19. The summed E-state index contributed by atoms with van der Waals surface area (Å²) in [6.45, 7) is 6.20. The lowest BCUT2D eigenvalue weighted by Gasteiger charge is -2.36. The molecule has 0 radical (unpaired) electrons. The van der Waals surface area contributed by atoms with Crippen LogP contribution in [-0.2, 0) is 0 Å². The number of hydrazine groups is 1. The largest absolute Gasteiger partial charge is 0.397 e. The summed E-state index contributed by atoms with van der Waals surface area (Å²) in [5, 5.41) is 2.56. The average Bonchev–Trinajstić information content (AvgIpc) is 2.66. The second kappa shape index (κ2) is 9.12. The first kappa shape index (κ1) is 18.8. The van der Waals surface area contributed by atoms with E-state index in [0.717, 1.165) is 68.5 Å². The number of anilines is 3. The summed E-state index contributed by atoms with van der Waals surface area (Å²) in [5.74, 6) is 6.13. The van der Waals surface area contributed by atoms with E-state index in [-0.39, 0.29) is 0 Å². The molecule has 5 nitrogen and oxygen atoms in total. The SMILES string of the molecule is Nc1ccccc1N(N)CCCCN1CCN(c2cccc(Cl)c2)CC1. The Balaban J connectivity index is 1.36. The monoisotopic (exact) mass is 373 g/mol. The minimum absolute atomic E-state index is 0.729. The van der Waals surface area contributed by atoms with Gasteiger partial charge in [-0.3, -0.25) is 4.90 Å². The second-order valence-corrected chi connectivity index (χ2v) is 7.20. The van der Waals surface area contributed by atoms with Crippen LogP contribution >= 0.6 is 11.6 Å². The van der Waals surface area contributed by atoms with Crippen molar-refractivity contribution in [3.8, 4) is 0 Å². The standard InChI is InChI=1S/C20H28ClN5/c21-17-6-5-7-18(16-17)25-14-12-24(13-15-25)10-3-4-11-26(23)20-9-2-1-8-19(20)22/h1-2,5-9,16H,3-4,10-15,22-23H2. The number of hydrogen-bond donors (Lipinski definition) is 2. The Kier molecular flexibility index (Phi) is 6.61. The van der Waals surface area contributed by atoms with E-state index in [1.54, 1.807) is 5.01 Å². The van der Waals surface area contributed by atoms with Gasteiger partial charge in [-0.15, -0.1) is 0 Å². The highest BCUT2D eigenvalue weighted by Gasteiger charge is 2.17. The van der Waals surface area contributed by atoms with Gasteiger partial charge in [-0.25, -0.2) is 5.84 Å². The summed E-state index contributed by atoms with van der Waals surface area (Å²) in [6, 6.07) is 15.8. The molecule has 0 saturated carbocycles. The number of rotatable bonds is 7. The van der Waals surface area contributed by atoms with Crippen LogP contribution in [0.15, 0.2) is 48.5 Å². The highest BCUT2D eigenvalue weighted by atomic mass is 35.5. The lowest BCUT2D eigenvalue weighted by Crippen LogP contribution is -2.46. The quantitative estimate of drug-likeness (QED) is 0.338. The Morgan fingerprint density at radius 3 is 2.46 bits per heavy atom. The normalized spacial score (nSPS) is 15.2. The maximum absolute atomic E-state index is 6.13. The molecule has 0 atom stereocenters. The van der Waals surface area contributed by atoms with E-state index < -0.39 is 0 Å². The molecule has 0 bridgehead atoms. The van der Waals surface area contributed by atoms with E-state index in [4.69, 9.17) is 23.2 Å². The Hall–Kier alpha value is -1.95. The van der Waals surface area contributed by atoms with Crippen molar-refractivity contribution in [1.82, 2.24) is 4.90 Å². The minimum atomic E-state index is 0.729. The van der Waals surface area contributed by atoms with Gasteiger partial charge in [0.15, 0.2) is 0 Å². The fourth-order valence-corrected chi connectivity index (χ4v) is 3.57. The molecule has 2 aromatic carbocycles.